The van der Waals surface area contributed by atoms with Crippen molar-refractivity contribution in [3.63, 3.8) is 0 Å². The van der Waals surface area contributed by atoms with Crippen molar-refractivity contribution < 1.29 is 4.79 Å². The maximum Gasteiger partial charge on any atom is 0.228 e. The number of hydrogen-bond donors (Lipinski definition) is 2. The van der Waals surface area contributed by atoms with Crippen LogP contribution in [0.25, 0.3) is 0 Å². The van der Waals surface area contributed by atoms with Crippen molar-refractivity contribution in [3.05, 3.63) is 23.2 Å². The van der Waals surface area contributed by atoms with Crippen LogP contribution in [-0.4, -0.2) is 32.2 Å². The first-order valence-electron chi connectivity index (χ1n) is 6.13. The van der Waals surface area contributed by atoms with Crippen molar-refractivity contribution >= 4 is 22.4 Å². The molecule has 3 heterocycles. The van der Waals surface area contributed by atoms with Gasteiger partial charge in [-0.25, -0.2) is 9.97 Å². The second-order valence-corrected chi connectivity index (χ2v) is 5.36. The lowest BCUT2D eigenvalue weighted by Crippen LogP contribution is -2.22. The second kappa shape index (κ2) is 5.45. The fourth-order valence-electron chi connectivity index (χ4n) is 1.93. The summed E-state index contributed by atoms with van der Waals surface area (Å²) in [7, 11) is 0. The molecule has 0 saturated heterocycles. The third kappa shape index (κ3) is 2.96. The van der Waals surface area contributed by atoms with Crippen LogP contribution in [0.15, 0.2) is 12.7 Å². The van der Waals surface area contributed by atoms with Gasteiger partial charge in [-0.15, -0.1) is 11.3 Å². The number of carbonyl (C=O) groups is 1. The SMILES string of the molecule is O=C(CCn1cncn1)Nc1nc2c(s1)CNCC2. The van der Waals surface area contributed by atoms with Crippen molar-refractivity contribution in [2.24, 2.45) is 0 Å². The fourth-order valence-corrected chi connectivity index (χ4v) is 2.92. The highest BCUT2D eigenvalue weighted by Gasteiger charge is 2.15. The normalized spacial score (nSPS) is 14.1. The van der Waals surface area contributed by atoms with Crippen LogP contribution in [0, 0.1) is 0 Å². The Bertz CT molecular complexity index is 540. The van der Waals surface area contributed by atoms with Crippen molar-refractivity contribution in [2.45, 2.75) is 25.9 Å². The molecule has 19 heavy (non-hydrogen) atoms. The number of hydrogen-bond acceptors (Lipinski definition) is 6. The minimum atomic E-state index is -0.0467. The van der Waals surface area contributed by atoms with Gasteiger partial charge in [0.25, 0.3) is 0 Å². The van der Waals surface area contributed by atoms with Crippen molar-refractivity contribution in [2.75, 3.05) is 11.9 Å². The summed E-state index contributed by atoms with van der Waals surface area (Å²) in [5.74, 6) is -0.0467. The van der Waals surface area contributed by atoms with Crippen LogP contribution in [0.5, 0.6) is 0 Å². The van der Waals surface area contributed by atoms with E-state index >= 15 is 0 Å². The Morgan fingerprint density at radius 1 is 1.58 bits per heavy atom. The number of rotatable bonds is 4. The molecular weight excluding hydrogens is 264 g/mol. The predicted molar refractivity (Wildman–Crippen MR) is 70.8 cm³/mol. The third-order valence-corrected chi connectivity index (χ3v) is 3.90. The van der Waals surface area contributed by atoms with Crippen LogP contribution in [0.3, 0.4) is 0 Å². The molecule has 0 fully saturated rings. The highest BCUT2D eigenvalue weighted by Crippen LogP contribution is 2.25. The number of amides is 1. The molecular formula is C11H14N6OS. The molecule has 0 aliphatic carbocycles. The first-order valence-corrected chi connectivity index (χ1v) is 6.94. The van der Waals surface area contributed by atoms with Gasteiger partial charge in [-0.05, 0) is 0 Å². The molecule has 1 aliphatic rings. The summed E-state index contributed by atoms with van der Waals surface area (Å²) in [4.78, 5) is 21.3. The molecule has 0 radical (unpaired) electrons. The maximum atomic E-state index is 11.8. The van der Waals surface area contributed by atoms with E-state index in [1.165, 1.54) is 11.2 Å². The molecule has 0 aromatic carbocycles. The molecule has 7 nitrogen and oxygen atoms in total. The fraction of sp³-hybridized carbons (Fsp3) is 0.455. The topological polar surface area (TPSA) is 84.7 Å². The quantitative estimate of drug-likeness (QED) is 0.846. The van der Waals surface area contributed by atoms with Gasteiger partial charge >= 0.3 is 0 Å². The summed E-state index contributed by atoms with van der Waals surface area (Å²) >= 11 is 1.55. The number of aryl methyl sites for hydroxylation is 1. The Morgan fingerprint density at radius 3 is 3.32 bits per heavy atom. The first-order chi connectivity index (χ1) is 9.31. The zero-order valence-electron chi connectivity index (χ0n) is 10.3. The smallest absolute Gasteiger partial charge is 0.228 e. The molecule has 0 spiro atoms. The minimum absolute atomic E-state index is 0.0467. The number of nitrogens with zero attached hydrogens (tertiary/aromatic N) is 4. The van der Waals surface area contributed by atoms with Gasteiger partial charge in [0.05, 0.1) is 12.2 Å². The third-order valence-electron chi connectivity index (χ3n) is 2.88. The Hall–Kier alpha value is -1.80. The highest BCUT2D eigenvalue weighted by atomic mass is 32.1. The summed E-state index contributed by atoms with van der Waals surface area (Å²) in [5, 5.41) is 10.8. The zero-order valence-corrected chi connectivity index (χ0v) is 11.1. The van der Waals surface area contributed by atoms with Gasteiger partial charge in [0, 0.05) is 30.8 Å². The van der Waals surface area contributed by atoms with Crippen LogP contribution in [0.4, 0.5) is 5.13 Å². The van der Waals surface area contributed by atoms with Gasteiger partial charge in [0.15, 0.2) is 5.13 Å². The van der Waals surface area contributed by atoms with Gasteiger partial charge < -0.3 is 10.6 Å². The zero-order chi connectivity index (χ0) is 13.1. The van der Waals surface area contributed by atoms with E-state index in [1.54, 1.807) is 22.3 Å². The molecule has 1 amide bonds. The van der Waals surface area contributed by atoms with Gasteiger partial charge in [0.1, 0.15) is 12.7 Å². The van der Waals surface area contributed by atoms with Crippen LogP contribution in [0.2, 0.25) is 0 Å². The lowest BCUT2D eigenvalue weighted by atomic mass is 10.2. The Morgan fingerprint density at radius 2 is 2.53 bits per heavy atom. The molecule has 1 aliphatic heterocycles. The minimum Gasteiger partial charge on any atom is -0.311 e. The lowest BCUT2D eigenvalue weighted by Gasteiger charge is -2.09. The Balaban J connectivity index is 1.55. The largest absolute Gasteiger partial charge is 0.311 e. The van der Waals surface area contributed by atoms with Crippen molar-refractivity contribution in [1.82, 2.24) is 25.1 Å². The summed E-state index contributed by atoms with van der Waals surface area (Å²) in [6.45, 7) is 2.33. The van der Waals surface area contributed by atoms with Gasteiger partial charge in [0.2, 0.25) is 5.91 Å². The predicted octanol–water partition coefficient (Wildman–Crippen LogP) is 0.409. The highest BCUT2D eigenvalue weighted by molar-refractivity contribution is 7.15. The van der Waals surface area contributed by atoms with E-state index < -0.39 is 0 Å². The average molecular weight is 278 g/mol. The summed E-state index contributed by atoms with van der Waals surface area (Å²) < 4.78 is 1.64. The molecule has 0 unspecified atom stereocenters. The molecule has 2 N–H and O–H groups in total. The molecule has 100 valence electrons. The Labute approximate surface area is 114 Å². The molecule has 0 atom stereocenters. The van der Waals surface area contributed by atoms with E-state index in [2.05, 4.69) is 25.7 Å². The summed E-state index contributed by atoms with van der Waals surface area (Å²) in [6, 6.07) is 0. The van der Waals surface area contributed by atoms with Crippen LogP contribution < -0.4 is 10.6 Å². The standard InChI is InChI=1S/C11H14N6OS/c18-10(2-4-17-7-13-6-14-17)16-11-15-8-1-3-12-5-9(8)19-11/h6-7,12H,1-5H2,(H,15,16,18). The molecule has 3 rings (SSSR count). The van der Waals surface area contributed by atoms with Crippen LogP contribution >= 0.6 is 11.3 Å². The van der Waals surface area contributed by atoms with Crippen LogP contribution in [-0.2, 0) is 24.3 Å². The van der Waals surface area contributed by atoms with Gasteiger partial charge in [-0.2, -0.15) is 5.10 Å². The summed E-state index contributed by atoms with van der Waals surface area (Å²) in [6.07, 6.45) is 4.35. The van der Waals surface area contributed by atoms with Gasteiger partial charge in [-0.3, -0.25) is 9.48 Å². The lowest BCUT2D eigenvalue weighted by molar-refractivity contribution is -0.116. The molecule has 8 heteroatoms. The number of thiazole rings is 1. The van der Waals surface area contributed by atoms with E-state index in [1.807, 2.05) is 0 Å². The van der Waals surface area contributed by atoms with E-state index in [4.69, 9.17) is 0 Å². The number of fused-ring (bicyclic) bond motifs is 1. The maximum absolute atomic E-state index is 11.8. The molecule has 0 bridgehead atoms. The number of anilines is 1. The van der Waals surface area contributed by atoms with E-state index in [0.29, 0.717) is 18.1 Å². The molecule has 0 saturated carbocycles. The molecule has 2 aromatic heterocycles. The monoisotopic (exact) mass is 278 g/mol. The van der Waals surface area contributed by atoms with Gasteiger partial charge in [-0.1, -0.05) is 0 Å². The van der Waals surface area contributed by atoms with E-state index in [9.17, 15) is 4.79 Å². The van der Waals surface area contributed by atoms with Crippen molar-refractivity contribution in [1.29, 1.82) is 0 Å². The number of aromatic nitrogens is 4. The summed E-state index contributed by atoms with van der Waals surface area (Å²) in [5.41, 5.74) is 1.11. The van der Waals surface area contributed by atoms with Crippen molar-refractivity contribution in [3.8, 4) is 0 Å². The first kappa shape index (κ1) is 12.2. The van der Waals surface area contributed by atoms with E-state index in [-0.39, 0.29) is 5.91 Å². The molecule has 2 aromatic rings. The Kier molecular flexibility index (Phi) is 3.51. The van der Waals surface area contributed by atoms with E-state index in [0.717, 1.165) is 25.2 Å². The van der Waals surface area contributed by atoms with Crippen LogP contribution in [0.1, 0.15) is 17.0 Å². The second-order valence-electron chi connectivity index (χ2n) is 4.27. The number of carbonyl (C=O) groups excluding carboxylic acids is 1. The number of nitrogens with one attached hydrogen (secondary N) is 2. The average Bonchev–Trinajstić information content (AvgIpc) is 3.04.